The Hall–Kier alpha value is -1.79. The van der Waals surface area contributed by atoms with Crippen LogP contribution in [0.3, 0.4) is 0 Å². The molecular weight excluding hydrogens is 483 g/mol. The summed E-state index contributed by atoms with van der Waals surface area (Å²) in [5, 5.41) is 19.2. The van der Waals surface area contributed by atoms with Crippen molar-refractivity contribution in [3.05, 3.63) is 28.8 Å². The average molecular weight is 506 g/mol. The van der Waals surface area contributed by atoms with Crippen molar-refractivity contribution in [1.82, 2.24) is 5.32 Å². The van der Waals surface area contributed by atoms with Crippen molar-refractivity contribution in [2.45, 2.75) is 32.4 Å². The molecule has 1 rings (SSSR count). The minimum absolute atomic E-state index is 0.00187. The molecule has 13 heteroatoms. The van der Waals surface area contributed by atoms with E-state index in [9.17, 15) is 22.8 Å². The third kappa shape index (κ3) is 16.6. The number of ether oxygens (including phenoxy) is 1. The number of aliphatic carboxylic acids is 2. The van der Waals surface area contributed by atoms with Crippen LogP contribution in [-0.4, -0.2) is 58.9 Å². The fourth-order valence-corrected chi connectivity index (χ4v) is 3.70. The summed E-state index contributed by atoms with van der Waals surface area (Å²) in [4.78, 5) is 30.9. The molecule has 1 aromatic carbocycles. The summed E-state index contributed by atoms with van der Waals surface area (Å²) in [6, 6.07) is 5.49. The maximum Gasteiger partial charge on any atom is 0.490 e. The van der Waals surface area contributed by atoms with Gasteiger partial charge in [0.05, 0.1) is 13.0 Å². The summed E-state index contributed by atoms with van der Waals surface area (Å²) in [5.41, 5.74) is 0.964. The zero-order valence-electron chi connectivity index (χ0n) is 16.5. The highest BCUT2D eigenvalue weighted by atomic mass is 35.5. The number of halogens is 4. The van der Waals surface area contributed by atoms with Crippen molar-refractivity contribution in [3.8, 4) is 5.75 Å². The number of carbonyl (C=O) groups excluding carboxylic acids is 1. The molecule has 7 nitrogen and oxygen atoms in total. The van der Waals surface area contributed by atoms with Crippen molar-refractivity contribution in [3.63, 3.8) is 0 Å². The Morgan fingerprint density at radius 2 is 1.74 bits per heavy atom. The van der Waals surface area contributed by atoms with Gasteiger partial charge in [0.15, 0.2) is 0 Å². The molecule has 0 saturated carbocycles. The van der Waals surface area contributed by atoms with Gasteiger partial charge in [-0.15, -0.1) is 0 Å². The predicted molar refractivity (Wildman–Crippen MR) is 115 cm³/mol. The number of carboxylic acid groups (broad SMARTS) is 2. The van der Waals surface area contributed by atoms with Crippen molar-refractivity contribution in [1.29, 1.82) is 0 Å². The van der Waals surface area contributed by atoms with Crippen LogP contribution in [0.5, 0.6) is 5.75 Å². The van der Waals surface area contributed by atoms with Crippen LogP contribution >= 0.6 is 33.2 Å². The minimum Gasteiger partial charge on any atom is -0.494 e. The second-order valence-electron chi connectivity index (χ2n) is 5.80. The average Bonchev–Trinajstić information content (AvgIpc) is 2.66. The lowest BCUT2D eigenvalue weighted by molar-refractivity contribution is -0.192. The van der Waals surface area contributed by atoms with Gasteiger partial charge in [0.25, 0.3) is 0 Å². The zero-order chi connectivity index (χ0) is 23.9. The molecule has 0 fully saturated rings. The van der Waals surface area contributed by atoms with Gasteiger partial charge in [0, 0.05) is 29.5 Å². The summed E-state index contributed by atoms with van der Waals surface area (Å²) in [6.45, 7) is 2.98. The molecule has 176 valence electrons. The van der Waals surface area contributed by atoms with Crippen LogP contribution in [0.4, 0.5) is 13.2 Å². The van der Waals surface area contributed by atoms with Crippen LogP contribution in [0.15, 0.2) is 18.2 Å². The second-order valence-corrected chi connectivity index (χ2v) is 8.91. The van der Waals surface area contributed by atoms with E-state index in [4.69, 9.17) is 31.3 Å². The molecule has 1 amide bonds. The number of nitrogens with one attached hydrogen (secondary N) is 1. The monoisotopic (exact) mass is 505 g/mol. The first-order valence-electron chi connectivity index (χ1n) is 8.85. The summed E-state index contributed by atoms with van der Waals surface area (Å²) >= 11 is 5.95. The molecule has 0 aliphatic carbocycles. The molecule has 31 heavy (non-hydrogen) atoms. The molecule has 0 saturated heterocycles. The van der Waals surface area contributed by atoms with Gasteiger partial charge >= 0.3 is 18.1 Å². The zero-order valence-corrected chi connectivity index (χ0v) is 18.9. The van der Waals surface area contributed by atoms with Gasteiger partial charge in [-0.2, -0.15) is 13.2 Å². The quantitative estimate of drug-likeness (QED) is 0.283. The van der Waals surface area contributed by atoms with Crippen molar-refractivity contribution >= 4 is 51.0 Å². The number of carbonyl (C=O) groups is 3. The lowest BCUT2D eigenvalue weighted by Crippen LogP contribution is -2.25. The highest BCUT2D eigenvalue weighted by molar-refractivity contribution is 8.76. The predicted octanol–water partition coefficient (Wildman–Crippen LogP) is 4.41. The van der Waals surface area contributed by atoms with Crippen molar-refractivity contribution in [2.75, 3.05) is 24.7 Å². The van der Waals surface area contributed by atoms with Crippen LogP contribution in [0.2, 0.25) is 5.02 Å². The summed E-state index contributed by atoms with van der Waals surface area (Å²) in [5.74, 6) is -1.44. The van der Waals surface area contributed by atoms with E-state index in [0.29, 0.717) is 36.8 Å². The molecule has 0 radical (unpaired) electrons. The Labute approximate surface area is 190 Å². The Morgan fingerprint density at radius 1 is 1.13 bits per heavy atom. The van der Waals surface area contributed by atoms with E-state index >= 15 is 0 Å². The van der Waals surface area contributed by atoms with E-state index in [1.807, 2.05) is 19.1 Å². The lowest BCUT2D eigenvalue weighted by Gasteiger charge is -2.08. The molecule has 0 unspecified atom stereocenters. The molecular formula is C18H23ClF3NO6S2. The van der Waals surface area contributed by atoms with Gasteiger partial charge in [-0.25, -0.2) is 4.79 Å². The standard InChI is InChI=1S/C16H22ClNO4S2.C2HF3O2/c1-12-11-13(4-5-14(12)17)22-8-2-3-15(19)18-7-10-24-23-9-6-16(20)21;3-2(4,5)1(6)7/h4-5,11H,2-3,6-10H2,1H3,(H,18,19)(H,20,21);(H,6,7). The van der Waals surface area contributed by atoms with Gasteiger partial charge in [0.1, 0.15) is 5.75 Å². The van der Waals surface area contributed by atoms with E-state index in [2.05, 4.69) is 5.32 Å². The first kappa shape index (κ1) is 29.2. The van der Waals surface area contributed by atoms with E-state index in [1.54, 1.807) is 16.9 Å². The van der Waals surface area contributed by atoms with E-state index in [1.165, 1.54) is 10.8 Å². The second kappa shape index (κ2) is 15.9. The maximum atomic E-state index is 11.7. The Morgan fingerprint density at radius 3 is 2.29 bits per heavy atom. The summed E-state index contributed by atoms with van der Waals surface area (Å²) in [7, 11) is 3.08. The molecule has 3 N–H and O–H groups in total. The van der Waals surface area contributed by atoms with E-state index in [-0.39, 0.29) is 12.3 Å². The number of hydrogen-bond donors (Lipinski definition) is 3. The van der Waals surface area contributed by atoms with Gasteiger partial charge in [0.2, 0.25) is 5.91 Å². The maximum absolute atomic E-state index is 11.7. The van der Waals surface area contributed by atoms with Crippen LogP contribution in [0.1, 0.15) is 24.8 Å². The number of benzene rings is 1. The van der Waals surface area contributed by atoms with Gasteiger partial charge < -0.3 is 20.3 Å². The number of carboxylic acids is 2. The molecule has 0 aromatic heterocycles. The normalized spacial score (nSPS) is 10.6. The van der Waals surface area contributed by atoms with Gasteiger partial charge in [-0.05, 0) is 37.1 Å². The summed E-state index contributed by atoms with van der Waals surface area (Å²) in [6.07, 6.45) is -3.85. The fourth-order valence-electron chi connectivity index (χ4n) is 1.70. The molecule has 1 aromatic rings. The van der Waals surface area contributed by atoms with E-state index < -0.39 is 18.1 Å². The highest BCUT2D eigenvalue weighted by Crippen LogP contribution is 2.22. The fraction of sp³-hybridized carbons (Fsp3) is 0.500. The molecule has 0 bridgehead atoms. The third-order valence-corrected chi connectivity index (χ3v) is 6.01. The Kier molecular flexibility index (Phi) is 15.0. The summed E-state index contributed by atoms with van der Waals surface area (Å²) < 4.78 is 37.3. The Bertz CT molecular complexity index is 722. The van der Waals surface area contributed by atoms with Gasteiger partial charge in [-0.1, -0.05) is 33.2 Å². The first-order valence-corrected chi connectivity index (χ1v) is 11.7. The highest BCUT2D eigenvalue weighted by Gasteiger charge is 2.38. The first-order chi connectivity index (χ1) is 14.4. The van der Waals surface area contributed by atoms with Crippen molar-refractivity contribution in [2.24, 2.45) is 0 Å². The van der Waals surface area contributed by atoms with E-state index in [0.717, 1.165) is 17.1 Å². The largest absolute Gasteiger partial charge is 0.494 e. The van der Waals surface area contributed by atoms with Crippen LogP contribution in [-0.2, 0) is 14.4 Å². The number of aryl methyl sites for hydroxylation is 1. The number of alkyl halides is 3. The van der Waals surface area contributed by atoms with Crippen LogP contribution < -0.4 is 10.1 Å². The number of rotatable bonds is 12. The Balaban J connectivity index is 0.00000110. The number of hydrogen-bond acceptors (Lipinski definition) is 6. The third-order valence-electron chi connectivity index (χ3n) is 3.18. The smallest absolute Gasteiger partial charge is 0.490 e. The van der Waals surface area contributed by atoms with Crippen molar-refractivity contribution < 1.29 is 42.5 Å². The molecule has 0 aliphatic heterocycles. The molecule has 0 heterocycles. The molecule has 0 atom stereocenters. The lowest BCUT2D eigenvalue weighted by atomic mass is 10.2. The SMILES string of the molecule is Cc1cc(OCCCC(=O)NCCSSCCC(=O)O)ccc1Cl.O=C(O)C(F)(F)F. The minimum atomic E-state index is -5.08. The topological polar surface area (TPSA) is 113 Å². The van der Waals surface area contributed by atoms with Gasteiger partial charge in [-0.3, -0.25) is 9.59 Å². The van der Waals surface area contributed by atoms with Crippen LogP contribution in [0, 0.1) is 6.92 Å². The molecule has 0 aliphatic rings. The van der Waals surface area contributed by atoms with Crippen LogP contribution in [0.25, 0.3) is 0 Å². The molecule has 0 spiro atoms. The number of amides is 1.